The van der Waals surface area contributed by atoms with Crippen LogP contribution in [0.3, 0.4) is 0 Å². The molecule has 152 valence electrons. The summed E-state index contributed by atoms with van der Waals surface area (Å²) in [6, 6.07) is 6.94. The topological polar surface area (TPSA) is 97.6 Å². The van der Waals surface area contributed by atoms with Crippen LogP contribution >= 0.6 is 0 Å². The van der Waals surface area contributed by atoms with Crippen LogP contribution in [0.4, 0.5) is 0 Å². The molecule has 1 saturated carbocycles. The lowest BCUT2D eigenvalue weighted by atomic mass is 9.83. The van der Waals surface area contributed by atoms with E-state index >= 15 is 0 Å². The van der Waals surface area contributed by atoms with Gasteiger partial charge >= 0.3 is 5.97 Å². The van der Waals surface area contributed by atoms with Crippen LogP contribution in [-0.4, -0.2) is 37.7 Å². The Morgan fingerprint density at radius 3 is 2.54 bits per heavy atom. The highest BCUT2D eigenvalue weighted by molar-refractivity contribution is 5.92. The quantitative estimate of drug-likeness (QED) is 0.687. The van der Waals surface area contributed by atoms with Gasteiger partial charge in [-0.3, -0.25) is 4.79 Å². The van der Waals surface area contributed by atoms with Gasteiger partial charge < -0.3 is 19.5 Å². The van der Waals surface area contributed by atoms with Crippen molar-refractivity contribution in [1.29, 1.82) is 5.26 Å². The van der Waals surface area contributed by atoms with Crippen molar-refractivity contribution in [1.82, 2.24) is 5.32 Å². The first-order chi connectivity index (χ1) is 13.4. The van der Waals surface area contributed by atoms with E-state index in [1.54, 1.807) is 12.1 Å². The first-order valence-electron chi connectivity index (χ1n) is 9.59. The Morgan fingerprint density at radius 2 is 1.93 bits per heavy atom. The molecule has 0 saturated heterocycles. The molecular weight excluding hydrogens is 360 g/mol. The van der Waals surface area contributed by atoms with Gasteiger partial charge in [0, 0.05) is 0 Å². The van der Waals surface area contributed by atoms with Crippen LogP contribution in [0.25, 0.3) is 0 Å². The summed E-state index contributed by atoms with van der Waals surface area (Å²) in [4.78, 5) is 24.4. The zero-order valence-corrected chi connectivity index (χ0v) is 16.7. The summed E-state index contributed by atoms with van der Waals surface area (Å²) in [6.07, 6.45) is 4.11. The summed E-state index contributed by atoms with van der Waals surface area (Å²) >= 11 is 0. The van der Waals surface area contributed by atoms with Crippen molar-refractivity contribution < 1.29 is 23.8 Å². The molecule has 0 radical (unpaired) electrons. The number of benzene rings is 1. The number of hydrogen-bond acceptors (Lipinski definition) is 6. The van der Waals surface area contributed by atoms with Gasteiger partial charge in [-0.2, -0.15) is 5.26 Å². The van der Waals surface area contributed by atoms with Crippen molar-refractivity contribution in [2.75, 3.05) is 20.3 Å². The molecular formula is C21H28N2O5. The number of nitrogens with zero attached hydrogens (tertiary/aromatic N) is 1. The van der Waals surface area contributed by atoms with Gasteiger partial charge in [-0.05, 0) is 37.0 Å². The van der Waals surface area contributed by atoms with Crippen molar-refractivity contribution in [2.45, 2.75) is 51.5 Å². The van der Waals surface area contributed by atoms with Crippen molar-refractivity contribution in [3.8, 4) is 17.6 Å². The van der Waals surface area contributed by atoms with Gasteiger partial charge in [0.25, 0.3) is 5.91 Å². The number of nitrogens with one attached hydrogen (secondary N) is 1. The van der Waals surface area contributed by atoms with Crippen molar-refractivity contribution in [3.05, 3.63) is 23.8 Å². The Kier molecular flexibility index (Phi) is 7.68. The highest BCUT2D eigenvalue weighted by Crippen LogP contribution is 2.29. The van der Waals surface area contributed by atoms with E-state index in [1.165, 1.54) is 13.2 Å². The smallest absolute Gasteiger partial charge is 0.338 e. The third-order valence-corrected chi connectivity index (χ3v) is 4.61. The van der Waals surface area contributed by atoms with E-state index in [9.17, 15) is 14.9 Å². The van der Waals surface area contributed by atoms with Gasteiger partial charge in [0.05, 0.1) is 25.3 Å². The van der Waals surface area contributed by atoms with Gasteiger partial charge in [-0.15, -0.1) is 0 Å². The van der Waals surface area contributed by atoms with Crippen LogP contribution in [0, 0.1) is 17.2 Å². The molecule has 1 aliphatic carbocycles. The summed E-state index contributed by atoms with van der Waals surface area (Å²) in [7, 11) is 1.49. The van der Waals surface area contributed by atoms with Crippen LogP contribution < -0.4 is 14.8 Å². The predicted octanol–water partition coefficient (Wildman–Crippen LogP) is 3.23. The second-order valence-corrected chi connectivity index (χ2v) is 7.45. The third kappa shape index (κ3) is 5.88. The number of carbonyl (C=O) groups is 2. The summed E-state index contributed by atoms with van der Waals surface area (Å²) in [6.45, 7) is 4.16. The maximum atomic E-state index is 12.3. The first-order valence-corrected chi connectivity index (χ1v) is 9.59. The number of ether oxygens (including phenoxy) is 3. The Bertz CT molecular complexity index is 733. The maximum Gasteiger partial charge on any atom is 0.338 e. The normalized spacial score (nSPS) is 15.4. The minimum Gasteiger partial charge on any atom is -0.493 e. The van der Waals surface area contributed by atoms with Gasteiger partial charge in [-0.1, -0.05) is 33.1 Å². The first kappa shape index (κ1) is 21.5. The Balaban J connectivity index is 1.93. The van der Waals surface area contributed by atoms with Crippen LogP contribution in [-0.2, 0) is 9.53 Å². The molecule has 0 unspecified atom stereocenters. The molecule has 7 nitrogen and oxygen atoms in total. The maximum absolute atomic E-state index is 12.3. The zero-order valence-electron chi connectivity index (χ0n) is 16.7. The standard InChI is InChI=1S/C21H28N2O5/c1-15(2)12-27-17-8-7-16(11-18(17)26-3)20(25)28-13-19(24)23-21(14-22)9-5-4-6-10-21/h7-8,11,15H,4-6,9-10,12-13H2,1-3H3,(H,23,24). The lowest BCUT2D eigenvalue weighted by molar-refractivity contribution is -0.125. The van der Waals surface area contributed by atoms with Crippen LogP contribution in [0.2, 0.25) is 0 Å². The number of hydrogen-bond donors (Lipinski definition) is 1. The fraction of sp³-hybridized carbons (Fsp3) is 0.571. The average Bonchev–Trinajstić information content (AvgIpc) is 2.70. The molecule has 0 heterocycles. The lowest BCUT2D eigenvalue weighted by Gasteiger charge is -2.31. The second-order valence-electron chi connectivity index (χ2n) is 7.45. The Labute approximate surface area is 166 Å². The molecule has 1 fully saturated rings. The molecule has 1 aromatic carbocycles. The van der Waals surface area contributed by atoms with Crippen molar-refractivity contribution in [2.24, 2.45) is 5.92 Å². The van der Waals surface area contributed by atoms with Gasteiger partial charge in [0.2, 0.25) is 0 Å². The van der Waals surface area contributed by atoms with Gasteiger partial charge in [0.1, 0.15) is 5.54 Å². The summed E-state index contributed by atoms with van der Waals surface area (Å²) in [5.74, 6) is 0.205. The number of esters is 1. The lowest BCUT2D eigenvalue weighted by Crippen LogP contribution is -2.50. The number of methoxy groups -OCH3 is 1. The van der Waals surface area contributed by atoms with E-state index in [2.05, 4.69) is 11.4 Å². The molecule has 0 atom stereocenters. The molecule has 1 aromatic rings. The highest BCUT2D eigenvalue weighted by Gasteiger charge is 2.33. The molecule has 0 aliphatic heterocycles. The minimum atomic E-state index is -0.847. The number of amides is 1. The molecule has 0 aromatic heterocycles. The van der Waals surface area contributed by atoms with Crippen LogP contribution in [0.5, 0.6) is 11.5 Å². The fourth-order valence-corrected chi connectivity index (χ4v) is 3.11. The van der Waals surface area contributed by atoms with Gasteiger partial charge in [-0.25, -0.2) is 4.79 Å². The largest absolute Gasteiger partial charge is 0.493 e. The molecule has 7 heteroatoms. The van der Waals surface area contributed by atoms with Crippen molar-refractivity contribution >= 4 is 11.9 Å². The van der Waals surface area contributed by atoms with Crippen LogP contribution in [0.15, 0.2) is 18.2 Å². The zero-order chi connectivity index (χ0) is 20.6. The molecule has 28 heavy (non-hydrogen) atoms. The van der Waals surface area contributed by atoms with E-state index in [0.29, 0.717) is 36.9 Å². The summed E-state index contributed by atoms with van der Waals surface area (Å²) in [5, 5.41) is 12.1. The summed E-state index contributed by atoms with van der Waals surface area (Å²) < 4.78 is 16.0. The molecule has 1 aliphatic rings. The van der Waals surface area contributed by atoms with E-state index in [0.717, 1.165) is 19.3 Å². The highest BCUT2D eigenvalue weighted by atomic mass is 16.5. The predicted molar refractivity (Wildman–Crippen MR) is 103 cm³/mol. The SMILES string of the molecule is COc1cc(C(=O)OCC(=O)NC2(C#N)CCCCC2)ccc1OCC(C)C. The van der Waals surface area contributed by atoms with E-state index < -0.39 is 24.0 Å². The monoisotopic (exact) mass is 388 g/mol. The molecule has 1 N–H and O–H groups in total. The average molecular weight is 388 g/mol. The number of nitriles is 1. The van der Waals surface area contributed by atoms with E-state index in [4.69, 9.17) is 14.2 Å². The van der Waals surface area contributed by atoms with E-state index in [1.807, 2.05) is 13.8 Å². The molecule has 0 bridgehead atoms. The summed E-state index contributed by atoms with van der Waals surface area (Å²) in [5.41, 5.74) is -0.588. The minimum absolute atomic E-state index is 0.259. The molecule has 2 rings (SSSR count). The number of rotatable bonds is 8. The fourth-order valence-electron chi connectivity index (χ4n) is 3.11. The number of carbonyl (C=O) groups excluding carboxylic acids is 2. The molecule has 1 amide bonds. The Morgan fingerprint density at radius 1 is 1.21 bits per heavy atom. The van der Waals surface area contributed by atoms with Crippen LogP contribution in [0.1, 0.15) is 56.3 Å². The second kappa shape index (κ2) is 9.98. The Hall–Kier alpha value is -2.75. The molecule has 0 spiro atoms. The van der Waals surface area contributed by atoms with E-state index in [-0.39, 0.29) is 5.56 Å². The van der Waals surface area contributed by atoms with Crippen molar-refractivity contribution in [3.63, 3.8) is 0 Å². The third-order valence-electron chi connectivity index (χ3n) is 4.61. The van der Waals surface area contributed by atoms with Gasteiger partial charge in [0.15, 0.2) is 18.1 Å².